The number of thioether (sulfide) groups is 1. The molecule has 0 bridgehead atoms. The number of nitrogen functional groups attached to an aromatic ring is 1. The van der Waals surface area contributed by atoms with Crippen LogP contribution in [0.5, 0.6) is 0 Å². The lowest BCUT2D eigenvalue weighted by molar-refractivity contribution is 0.196. The normalized spacial score (nSPS) is 15.2. The summed E-state index contributed by atoms with van der Waals surface area (Å²) in [7, 11) is 0. The first-order chi connectivity index (χ1) is 7.58. The number of para-hydroxylation sites is 1. The van der Waals surface area contributed by atoms with E-state index in [1.54, 1.807) is 13.0 Å². The van der Waals surface area contributed by atoms with Crippen molar-refractivity contribution in [1.29, 1.82) is 0 Å². The second-order valence-electron chi connectivity index (χ2n) is 3.74. The van der Waals surface area contributed by atoms with Crippen molar-refractivity contribution < 1.29 is 9.52 Å². The predicted molar refractivity (Wildman–Crippen MR) is 65.4 cm³/mol. The van der Waals surface area contributed by atoms with Gasteiger partial charge in [0.15, 0.2) is 5.58 Å². The van der Waals surface area contributed by atoms with E-state index in [2.05, 4.69) is 4.98 Å². The quantitative estimate of drug-likeness (QED) is 0.634. The molecule has 0 amide bonds. The third-order valence-corrected chi connectivity index (χ3v) is 3.54. The van der Waals surface area contributed by atoms with Crippen LogP contribution in [-0.4, -0.2) is 21.4 Å². The molecule has 0 aliphatic heterocycles. The molecule has 0 saturated carbocycles. The molecule has 0 saturated heterocycles. The van der Waals surface area contributed by atoms with Crippen LogP contribution in [0.25, 0.3) is 11.1 Å². The van der Waals surface area contributed by atoms with Gasteiger partial charge in [-0.15, -0.1) is 0 Å². The molecular formula is C11H14N2O2S. The highest BCUT2D eigenvalue weighted by Crippen LogP contribution is 2.29. The molecule has 86 valence electrons. The molecule has 2 unspecified atom stereocenters. The number of fused-ring (bicyclic) bond motifs is 1. The highest BCUT2D eigenvalue weighted by Gasteiger charge is 2.15. The number of hydrogen-bond donors (Lipinski definition) is 2. The van der Waals surface area contributed by atoms with Crippen LogP contribution in [-0.2, 0) is 0 Å². The highest BCUT2D eigenvalue weighted by molar-refractivity contribution is 7.99. The standard InChI is InChI=1S/C11H14N2O2S/c1-6(14)7(2)16-11-13-10-8(12)4-3-5-9(10)15-11/h3-7,14H,12H2,1-2H3. The van der Waals surface area contributed by atoms with Crippen molar-refractivity contribution in [2.75, 3.05) is 5.73 Å². The molecule has 2 aromatic rings. The summed E-state index contributed by atoms with van der Waals surface area (Å²) < 4.78 is 5.53. The predicted octanol–water partition coefficient (Wildman–Crippen LogP) is 2.27. The Labute approximate surface area is 97.8 Å². The van der Waals surface area contributed by atoms with Gasteiger partial charge in [0, 0.05) is 5.25 Å². The van der Waals surface area contributed by atoms with Crippen LogP contribution in [0.15, 0.2) is 27.8 Å². The van der Waals surface area contributed by atoms with E-state index in [1.807, 2.05) is 19.1 Å². The van der Waals surface area contributed by atoms with E-state index < -0.39 is 6.10 Å². The zero-order valence-corrected chi connectivity index (χ0v) is 9.99. The highest BCUT2D eigenvalue weighted by atomic mass is 32.2. The smallest absolute Gasteiger partial charge is 0.257 e. The van der Waals surface area contributed by atoms with Crippen molar-refractivity contribution in [1.82, 2.24) is 4.98 Å². The Kier molecular flexibility index (Phi) is 3.07. The first-order valence-electron chi connectivity index (χ1n) is 5.07. The minimum atomic E-state index is -0.405. The number of aliphatic hydroxyl groups is 1. The van der Waals surface area contributed by atoms with Crippen molar-refractivity contribution in [3.63, 3.8) is 0 Å². The monoisotopic (exact) mass is 238 g/mol. The number of aliphatic hydroxyl groups excluding tert-OH is 1. The fourth-order valence-corrected chi connectivity index (χ4v) is 2.05. The van der Waals surface area contributed by atoms with E-state index >= 15 is 0 Å². The number of benzene rings is 1. The summed E-state index contributed by atoms with van der Waals surface area (Å²) in [5.41, 5.74) is 7.75. The number of anilines is 1. The Balaban J connectivity index is 2.30. The molecule has 2 rings (SSSR count). The Morgan fingerprint density at radius 1 is 1.44 bits per heavy atom. The molecule has 3 N–H and O–H groups in total. The van der Waals surface area contributed by atoms with Crippen LogP contribution in [0.1, 0.15) is 13.8 Å². The Hall–Kier alpha value is -1.20. The van der Waals surface area contributed by atoms with Gasteiger partial charge in [-0.1, -0.05) is 24.8 Å². The molecule has 5 heteroatoms. The summed E-state index contributed by atoms with van der Waals surface area (Å²) in [5, 5.41) is 9.98. The number of oxazole rings is 1. The van der Waals surface area contributed by atoms with E-state index in [-0.39, 0.29) is 5.25 Å². The number of nitrogens with zero attached hydrogens (tertiary/aromatic N) is 1. The van der Waals surface area contributed by atoms with Crippen LogP contribution < -0.4 is 5.73 Å². The second-order valence-corrected chi connectivity index (χ2v) is 5.07. The lowest BCUT2D eigenvalue weighted by Crippen LogP contribution is -2.14. The summed E-state index contributed by atoms with van der Waals surface area (Å²) in [6, 6.07) is 5.45. The maximum atomic E-state index is 9.40. The molecule has 1 aromatic carbocycles. The van der Waals surface area contributed by atoms with Crippen molar-refractivity contribution in [3.8, 4) is 0 Å². The molecule has 4 nitrogen and oxygen atoms in total. The van der Waals surface area contributed by atoms with Crippen molar-refractivity contribution in [2.24, 2.45) is 0 Å². The Bertz CT molecular complexity index is 496. The molecule has 1 aromatic heterocycles. The van der Waals surface area contributed by atoms with E-state index in [4.69, 9.17) is 10.2 Å². The van der Waals surface area contributed by atoms with Gasteiger partial charge in [0.2, 0.25) is 0 Å². The van der Waals surface area contributed by atoms with Gasteiger partial charge in [-0.3, -0.25) is 0 Å². The average Bonchev–Trinajstić information content (AvgIpc) is 2.61. The molecule has 0 spiro atoms. The van der Waals surface area contributed by atoms with Gasteiger partial charge >= 0.3 is 0 Å². The van der Waals surface area contributed by atoms with Gasteiger partial charge in [-0.25, -0.2) is 4.98 Å². The van der Waals surface area contributed by atoms with Crippen LogP contribution >= 0.6 is 11.8 Å². The Morgan fingerprint density at radius 3 is 2.81 bits per heavy atom. The summed E-state index contributed by atoms with van der Waals surface area (Å²) in [6.45, 7) is 3.67. The topological polar surface area (TPSA) is 72.3 Å². The zero-order chi connectivity index (χ0) is 11.7. The van der Waals surface area contributed by atoms with E-state index in [9.17, 15) is 5.11 Å². The van der Waals surface area contributed by atoms with Gasteiger partial charge in [-0.2, -0.15) is 0 Å². The summed E-state index contributed by atoms with van der Waals surface area (Å²) in [5.74, 6) is 0. The van der Waals surface area contributed by atoms with E-state index in [1.165, 1.54) is 11.8 Å². The van der Waals surface area contributed by atoms with Gasteiger partial charge in [0.05, 0.1) is 11.8 Å². The minimum absolute atomic E-state index is 0.0364. The number of aromatic nitrogens is 1. The van der Waals surface area contributed by atoms with Crippen molar-refractivity contribution in [3.05, 3.63) is 18.2 Å². The molecule has 0 aliphatic carbocycles. The van der Waals surface area contributed by atoms with Crippen molar-refractivity contribution in [2.45, 2.75) is 30.4 Å². The first kappa shape index (κ1) is 11.3. The lowest BCUT2D eigenvalue weighted by Gasteiger charge is -2.10. The third-order valence-electron chi connectivity index (χ3n) is 2.40. The van der Waals surface area contributed by atoms with Gasteiger partial charge in [0.1, 0.15) is 5.52 Å². The van der Waals surface area contributed by atoms with Crippen LogP contribution in [0, 0.1) is 0 Å². The third kappa shape index (κ3) is 2.15. The largest absolute Gasteiger partial charge is 0.431 e. The lowest BCUT2D eigenvalue weighted by atomic mass is 10.3. The van der Waals surface area contributed by atoms with E-state index in [0.717, 1.165) is 0 Å². The zero-order valence-electron chi connectivity index (χ0n) is 9.18. The molecular weight excluding hydrogens is 224 g/mol. The van der Waals surface area contributed by atoms with Gasteiger partial charge < -0.3 is 15.3 Å². The first-order valence-corrected chi connectivity index (χ1v) is 5.95. The molecule has 1 heterocycles. The maximum absolute atomic E-state index is 9.40. The van der Waals surface area contributed by atoms with Gasteiger partial charge in [-0.05, 0) is 19.1 Å². The summed E-state index contributed by atoms with van der Waals surface area (Å²) in [4.78, 5) is 4.29. The molecule has 2 atom stereocenters. The van der Waals surface area contributed by atoms with Gasteiger partial charge in [0.25, 0.3) is 5.22 Å². The Morgan fingerprint density at radius 2 is 2.19 bits per heavy atom. The van der Waals surface area contributed by atoms with Crippen LogP contribution in [0.3, 0.4) is 0 Å². The van der Waals surface area contributed by atoms with Crippen LogP contribution in [0.4, 0.5) is 5.69 Å². The number of nitrogens with two attached hydrogens (primary N) is 1. The molecule has 0 aliphatic rings. The van der Waals surface area contributed by atoms with E-state index in [0.29, 0.717) is 22.0 Å². The second kappa shape index (κ2) is 4.35. The average molecular weight is 238 g/mol. The minimum Gasteiger partial charge on any atom is -0.431 e. The summed E-state index contributed by atoms with van der Waals surface area (Å²) in [6.07, 6.45) is -0.405. The molecule has 0 fully saturated rings. The number of rotatable bonds is 3. The van der Waals surface area contributed by atoms with Crippen LogP contribution in [0.2, 0.25) is 0 Å². The fraction of sp³-hybridized carbons (Fsp3) is 0.364. The molecule has 0 radical (unpaired) electrons. The maximum Gasteiger partial charge on any atom is 0.257 e. The SMILES string of the molecule is CC(O)C(C)Sc1nc2c(N)cccc2o1. The number of hydrogen-bond acceptors (Lipinski definition) is 5. The fourth-order valence-electron chi connectivity index (χ4n) is 1.26. The molecule has 16 heavy (non-hydrogen) atoms. The van der Waals surface area contributed by atoms with Crippen molar-refractivity contribution >= 4 is 28.5 Å². The summed E-state index contributed by atoms with van der Waals surface area (Å²) >= 11 is 1.40.